The molecule has 1 aromatic rings. The predicted molar refractivity (Wildman–Crippen MR) is 73.9 cm³/mol. The summed E-state index contributed by atoms with van der Waals surface area (Å²) in [6.45, 7) is 2.31. The van der Waals surface area contributed by atoms with Crippen LogP contribution < -0.4 is 5.73 Å². The van der Waals surface area contributed by atoms with Gasteiger partial charge in [-0.2, -0.15) is 0 Å². The third-order valence-corrected chi connectivity index (χ3v) is 3.85. The molecule has 106 valence electrons. The van der Waals surface area contributed by atoms with Gasteiger partial charge in [0.15, 0.2) is 5.69 Å². The van der Waals surface area contributed by atoms with E-state index >= 15 is 0 Å². The summed E-state index contributed by atoms with van der Waals surface area (Å²) < 4.78 is 0. The summed E-state index contributed by atoms with van der Waals surface area (Å²) in [5, 5.41) is 0. The van der Waals surface area contributed by atoms with Gasteiger partial charge in [0.1, 0.15) is 0 Å². The first-order valence-electron chi connectivity index (χ1n) is 6.95. The first-order chi connectivity index (χ1) is 9.66. The Morgan fingerprint density at radius 3 is 2.40 bits per heavy atom. The fourth-order valence-electron chi connectivity index (χ4n) is 2.46. The zero-order chi connectivity index (χ0) is 14.1. The molecule has 1 aliphatic carbocycles. The number of carbonyl (C=O) groups is 2. The summed E-state index contributed by atoms with van der Waals surface area (Å²) in [5.41, 5.74) is 6.47. The Labute approximate surface area is 117 Å². The van der Waals surface area contributed by atoms with E-state index < -0.39 is 0 Å². The fourth-order valence-corrected chi connectivity index (χ4v) is 2.46. The van der Waals surface area contributed by atoms with Crippen molar-refractivity contribution in [2.45, 2.75) is 12.8 Å². The monoisotopic (exact) mass is 274 g/mol. The molecule has 2 fully saturated rings. The number of hydrogen-bond acceptors (Lipinski definition) is 4. The van der Waals surface area contributed by atoms with Gasteiger partial charge in [-0.25, -0.2) is 4.98 Å². The number of aromatic nitrogens is 1. The van der Waals surface area contributed by atoms with Crippen molar-refractivity contribution in [3.8, 4) is 0 Å². The molecule has 2 aliphatic rings. The quantitative estimate of drug-likeness (QED) is 0.844. The van der Waals surface area contributed by atoms with E-state index in [4.69, 9.17) is 5.73 Å². The molecule has 0 atom stereocenters. The van der Waals surface area contributed by atoms with Crippen LogP contribution in [0.3, 0.4) is 0 Å². The van der Waals surface area contributed by atoms with Gasteiger partial charge in [0, 0.05) is 38.3 Å². The molecule has 1 aliphatic heterocycles. The van der Waals surface area contributed by atoms with Crippen molar-refractivity contribution in [1.29, 1.82) is 0 Å². The second-order valence-corrected chi connectivity index (χ2v) is 5.33. The maximum Gasteiger partial charge on any atom is 0.274 e. The van der Waals surface area contributed by atoms with Gasteiger partial charge >= 0.3 is 0 Å². The molecule has 0 spiro atoms. The lowest BCUT2D eigenvalue weighted by molar-refractivity contribution is -0.134. The summed E-state index contributed by atoms with van der Waals surface area (Å²) >= 11 is 0. The van der Waals surface area contributed by atoms with Gasteiger partial charge in [-0.3, -0.25) is 9.59 Å². The van der Waals surface area contributed by atoms with Crippen molar-refractivity contribution in [3.63, 3.8) is 0 Å². The van der Waals surface area contributed by atoms with Gasteiger partial charge in [-0.05, 0) is 25.0 Å². The van der Waals surface area contributed by atoms with Gasteiger partial charge in [0.2, 0.25) is 5.91 Å². The van der Waals surface area contributed by atoms with Crippen molar-refractivity contribution in [3.05, 3.63) is 24.0 Å². The van der Waals surface area contributed by atoms with Crippen LogP contribution in [0.15, 0.2) is 18.3 Å². The van der Waals surface area contributed by atoms with Gasteiger partial charge in [-0.1, -0.05) is 0 Å². The summed E-state index contributed by atoms with van der Waals surface area (Å²) in [5.74, 6) is 0.333. The van der Waals surface area contributed by atoms with Crippen LogP contribution in [0.5, 0.6) is 0 Å². The Bertz CT molecular complexity index is 534. The van der Waals surface area contributed by atoms with Crippen LogP contribution in [0.2, 0.25) is 0 Å². The Balaban J connectivity index is 1.61. The summed E-state index contributed by atoms with van der Waals surface area (Å²) in [7, 11) is 0. The molecular formula is C14H18N4O2. The minimum atomic E-state index is -0.151. The van der Waals surface area contributed by atoms with Gasteiger partial charge in [-0.15, -0.1) is 0 Å². The van der Waals surface area contributed by atoms with E-state index in [1.165, 1.54) is 0 Å². The maximum absolute atomic E-state index is 12.3. The number of amides is 2. The average molecular weight is 274 g/mol. The predicted octanol–water partition coefficient (Wildman–Crippen LogP) is 0.358. The first-order valence-corrected chi connectivity index (χ1v) is 6.95. The zero-order valence-corrected chi connectivity index (χ0v) is 11.3. The normalized spacial score (nSPS) is 19.0. The number of hydrogen-bond donors (Lipinski definition) is 1. The molecule has 1 saturated heterocycles. The molecule has 1 saturated carbocycles. The first kappa shape index (κ1) is 12.9. The van der Waals surface area contributed by atoms with Crippen molar-refractivity contribution in [2.75, 3.05) is 31.9 Å². The van der Waals surface area contributed by atoms with Crippen LogP contribution >= 0.6 is 0 Å². The van der Waals surface area contributed by atoms with E-state index in [1.54, 1.807) is 23.2 Å². The largest absolute Gasteiger partial charge is 0.397 e. The number of piperazine rings is 1. The second-order valence-electron chi connectivity index (χ2n) is 5.33. The standard InChI is InChI=1S/C14H18N4O2/c15-11-2-1-5-16-12(11)14(20)18-8-6-17(7-9-18)13(19)10-3-4-10/h1-2,5,10H,3-4,6-9,15H2. The third kappa shape index (κ3) is 2.45. The average Bonchev–Trinajstić information content (AvgIpc) is 3.31. The molecular weight excluding hydrogens is 256 g/mol. The fraction of sp³-hybridized carbons (Fsp3) is 0.500. The summed E-state index contributed by atoms with van der Waals surface area (Å²) in [6, 6.07) is 3.38. The molecule has 0 bridgehead atoms. The highest BCUT2D eigenvalue weighted by atomic mass is 16.2. The van der Waals surface area contributed by atoms with E-state index in [-0.39, 0.29) is 17.7 Å². The number of nitrogens with zero attached hydrogens (tertiary/aromatic N) is 3. The van der Waals surface area contributed by atoms with Crippen LogP contribution in [-0.2, 0) is 4.79 Å². The SMILES string of the molecule is Nc1cccnc1C(=O)N1CCN(C(=O)C2CC2)CC1. The molecule has 3 rings (SSSR count). The van der Waals surface area contributed by atoms with Gasteiger partial charge in [0.25, 0.3) is 5.91 Å². The van der Waals surface area contributed by atoms with Crippen molar-refractivity contribution < 1.29 is 9.59 Å². The molecule has 2 heterocycles. The van der Waals surface area contributed by atoms with Crippen molar-refractivity contribution >= 4 is 17.5 Å². The van der Waals surface area contributed by atoms with Crippen LogP contribution in [-0.4, -0.2) is 52.8 Å². The molecule has 0 aromatic carbocycles. The molecule has 0 radical (unpaired) electrons. The Hall–Kier alpha value is -2.11. The zero-order valence-electron chi connectivity index (χ0n) is 11.3. The van der Waals surface area contributed by atoms with Crippen molar-refractivity contribution in [1.82, 2.24) is 14.8 Å². The number of nitrogen functional groups attached to an aromatic ring is 1. The van der Waals surface area contributed by atoms with Crippen LogP contribution in [0.1, 0.15) is 23.3 Å². The topological polar surface area (TPSA) is 79.5 Å². The van der Waals surface area contributed by atoms with Crippen LogP contribution in [0.4, 0.5) is 5.69 Å². The third-order valence-electron chi connectivity index (χ3n) is 3.85. The lowest BCUT2D eigenvalue weighted by atomic mass is 10.2. The molecule has 2 N–H and O–H groups in total. The van der Waals surface area contributed by atoms with E-state index in [0.717, 1.165) is 12.8 Å². The van der Waals surface area contributed by atoms with E-state index in [1.807, 2.05) is 4.90 Å². The summed E-state index contributed by atoms with van der Waals surface area (Å²) in [6.07, 6.45) is 3.60. The smallest absolute Gasteiger partial charge is 0.274 e. The Morgan fingerprint density at radius 2 is 1.80 bits per heavy atom. The van der Waals surface area contributed by atoms with Crippen molar-refractivity contribution in [2.24, 2.45) is 5.92 Å². The second kappa shape index (κ2) is 5.11. The van der Waals surface area contributed by atoms with E-state index in [9.17, 15) is 9.59 Å². The van der Waals surface area contributed by atoms with Crippen LogP contribution in [0.25, 0.3) is 0 Å². The number of carbonyl (C=O) groups excluding carboxylic acids is 2. The van der Waals surface area contributed by atoms with E-state index in [2.05, 4.69) is 4.98 Å². The lowest BCUT2D eigenvalue weighted by Crippen LogP contribution is -2.51. The van der Waals surface area contributed by atoms with Gasteiger partial charge in [0.05, 0.1) is 5.69 Å². The number of rotatable bonds is 2. The Kier molecular flexibility index (Phi) is 3.30. The molecule has 6 heteroatoms. The number of nitrogens with two attached hydrogens (primary N) is 1. The Morgan fingerprint density at radius 1 is 1.15 bits per heavy atom. The minimum Gasteiger partial charge on any atom is -0.397 e. The number of anilines is 1. The highest BCUT2D eigenvalue weighted by Gasteiger charge is 2.35. The summed E-state index contributed by atoms with van der Waals surface area (Å²) in [4.78, 5) is 31.9. The van der Waals surface area contributed by atoms with E-state index in [0.29, 0.717) is 37.6 Å². The molecule has 20 heavy (non-hydrogen) atoms. The minimum absolute atomic E-state index is 0.151. The number of pyridine rings is 1. The van der Waals surface area contributed by atoms with Crippen LogP contribution in [0, 0.1) is 5.92 Å². The molecule has 6 nitrogen and oxygen atoms in total. The highest BCUT2D eigenvalue weighted by Crippen LogP contribution is 2.31. The maximum atomic E-state index is 12.3. The molecule has 1 aromatic heterocycles. The lowest BCUT2D eigenvalue weighted by Gasteiger charge is -2.34. The molecule has 0 unspecified atom stereocenters. The van der Waals surface area contributed by atoms with Gasteiger partial charge < -0.3 is 15.5 Å². The highest BCUT2D eigenvalue weighted by molar-refractivity contribution is 5.97. The molecule has 2 amide bonds.